The molecule has 2 rings (SSSR count). The van der Waals surface area contributed by atoms with Crippen LogP contribution in [0, 0.1) is 5.82 Å². The molecular formula is C13H13BrFNS. The molecule has 1 nitrogen and oxygen atoms in total. The molecule has 1 unspecified atom stereocenters. The van der Waals surface area contributed by atoms with E-state index in [1.54, 1.807) is 0 Å². The van der Waals surface area contributed by atoms with Crippen molar-refractivity contribution in [3.05, 3.63) is 45.5 Å². The molecule has 1 aromatic carbocycles. The first kappa shape index (κ1) is 12.7. The van der Waals surface area contributed by atoms with E-state index in [9.17, 15) is 4.39 Å². The molecule has 0 amide bonds. The fourth-order valence-electron chi connectivity index (χ4n) is 1.64. The Morgan fingerprint density at radius 1 is 1.35 bits per heavy atom. The quantitative estimate of drug-likeness (QED) is 0.873. The number of halogens is 2. The van der Waals surface area contributed by atoms with E-state index in [0.717, 1.165) is 14.9 Å². The normalized spacial score (nSPS) is 12.7. The molecule has 0 saturated heterocycles. The van der Waals surface area contributed by atoms with Gasteiger partial charge in [0.25, 0.3) is 0 Å². The van der Waals surface area contributed by atoms with Crippen molar-refractivity contribution in [2.75, 3.05) is 7.05 Å². The van der Waals surface area contributed by atoms with Crippen LogP contribution < -0.4 is 5.32 Å². The van der Waals surface area contributed by atoms with E-state index in [-0.39, 0.29) is 11.9 Å². The average molecular weight is 314 g/mol. The molecule has 0 saturated carbocycles. The first-order valence-corrected chi connectivity index (χ1v) is 7.01. The third kappa shape index (κ3) is 2.59. The van der Waals surface area contributed by atoms with Crippen LogP contribution in [-0.2, 0) is 0 Å². The number of nitrogens with one attached hydrogen (secondary N) is 1. The fraction of sp³-hybridized carbons (Fsp3) is 0.231. The third-order valence-corrected chi connectivity index (χ3v) is 4.66. The lowest BCUT2D eigenvalue weighted by atomic mass is 10.0. The summed E-state index contributed by atoms with van der Waals surface area (Å²) in [6.45, 7) is 2.06. The highest BCUT2D eigenvalue weighted by molar-refractivity contribution is 9.10. The fourth-order valence-corrected chi connectivity index (χ4v) is 3.24. The summed E-state index contributed by atoms with van der Waals surface area (Å²) in [5.41, 5.74) is 1.75. The molecule has 90 valence electrons. The number of benzene rings is 1. The van der Waals surface area contributed by atoms with Gasteiger partial charge in [0.2, 0.25) is 0 Å². The van der Waals surface area contributed by atoms with Crippen LogP contribution in [0.1, 0.15) is 18.5 Å². The molecule has 0 bridgehead atoms. The van der Waals surface area contributed by atoms with Gasteiger partial charge in [0.15, 0.2) is 0 Å². The van der Waals surface area contributed by atoms with Crippen molar-refractivity contribution in [2.45, 2.75) is 13.0 Å². The van der Waals surface area contributed by atoms with Crippen molar-refractivity contribution in [3.63, 3.8) is 0 Å². The maximum atomic E-state index is 13.8. The van der Waals surface area contributed by atoms with Crippen LogP contribution in [-0.4, -0.2) is 7.05 Å². The first-order chi connectivity index (χ1) is 8.13. The van der Waals surface area contributed by atoms with Crippen molar-refractivity contribution >= 4 is 27.3 Å². The summed E-state index contributed by atoms with van der Waals surface area (Å²) in [5, 5.41) is 5.11. The van der Waals surface area contributed by atoms with Crippen LogP contribution in [0.4, 0.5) is 4.39 Å². The van der Waals surface area contributed by atoms with E-state index in [1.165, 1.54) is 17.4 Å². The predicted molar refractivity (Wildman–Crippen MR) is 74.9 cm³/mol. The summed E-state index contributed by atoms with van der Waals surface area (Å²) in [6.07, 6.45) is 0. The van der Waals surface area contributed by atoms with E-state index in [1.807, 2.05) is 30.6 Å². The van der Waals surface area contributed by atoms with Gasteiger partial charge in [0, 0.05) is 16.1 Å². The van der Waals surface area contributed by atoms with E-state index in [4.69, 9.17) is 0 Å². The zero-order valence-electron chi connectivity index (χ0n) is 9.63. The largest absolute Gasteiger partial charge is 0.313 e. The number of rotatable bonds is 3. The maximum absolute atomic E-state index is 13.8. The van der Waals surface area contributed by atoms with Gasteiger partial charge in [-0.25, -0.2) is 4.39 Å². The molecule has 2 aromatic rings. The van der Waals surface area contributed by atoms with Gasteiger partial charge >= 0.3 is 0 Å². The molecule has 0 aliphatic rings. The Balaban J connectivity index is 2.50. The second-order valence-electron chi connectivity index (χ2n) is 3.85. The van der Waals surface area contributed by atoms with Crippen LogP contribution >= 0.6 is 27.3 Å². The summed E-state index contributed by atoms with van der Waals surface area (Å²) < 4.78 is 14.8. The lowest BCUT2D eigenvalue weighted by Gasteiger charge is -2.12. The Labute approximate surface area is 113 Å². The molecule has 1 heterocycles. The van der Waals surface area contributed by atoms with Crippen LogP contribution in [0.2, 0.25) is 0 Å². The molecule has 0 radical (unpaired) electrons. The summed E-state index contributed by atoms with van der Waals surface area (Å²) in [5.74, 6) is -0.180. The SMILES string of the molecule is CNC(C)c1ccc(F)c(-c2sccc2Br)c1. The second kappa shape index (κ2) is 5.29. The zero-order chi connectivity index (χ0) is 12.4. The van der Waals surface area contributed by atoms with Gasteiger partial charge in [-0.15, -0.1) is 11.3 Å². The Kier molecular flexibility index (Phi) is 3.97. The minimum absolute atomic E-state index is 0.180. The average Bonchev–Trinajstić information content (AvgIpc) is 2.75. The molecular weight excluding hydrogens is 301 g/mol. The number of hydrogen-bond acceptors (Lipinski definition) is 2. The Bertz CT molecular complexity index is 524. The van der Waals surface area contributed by atoms with Crippen LogP contribution in [0.5, 0.6) is 0 Å². The number of hydrogen-bond donors (Lipinski definition) is 1. The molecule has 1 aromatic heterocycles. The Morgan fingerprint density at radius 2 is 2.12 bits per heavy atom. The summed E-state index contributed by atoms with van der Waals surface area (Å²) in [7, 11) is 1.90. The van der Waals surface area contributed by atoms with Gasteiger partial charge in [-0.1, -0.05) is 6.07 Å². The molecule has 0 aliphatic carbocycles. The maximum Gasteiger partial charge on any atom is 0.131 e. The Morgan fingerprint density at radius 3 is 2.71 bits per heavy atom. The Hall–Kier alpha value is -0.710. The van der Waals surface area contributed by atoms with E-state index in [0.29, 0.717) is 5.56 Å². The van der Waals surface area contributed by atoms with Crippen LogP contribution in [0.25, 0.3) is 10.4 Å². The standard InChI is InChI=1S/C13H13BrFNS/c1-8(16-2)9-3-4-12(15)10(7-9)13-11(14)5-6-17-13/h3-8,16H,1-2H3. The molecule has 0 spiro atoms. The molecule has 0 fully saturated rings. The molecule has 17 heavy (non-hydrogen) atoms. The smallest absolute Gasteiger partial charge is 0.131 e. The minimum atomic E-state index is -0.180. The number of thiophene rings is 1. The minimum Gasteiger partial charge on any atom is -0.313 e. The van der Waals surface area contributed by atoms with Crippen molar-refractivity contribution < 1.29 is 4.39 Å². The highest BCUT2D eigenvalue weighted by Crippen LogP contribution is 2.36. The zero-order valence-corrected chi connectivity index (χ0v) is 12.0. The van der Waals surface area contributed by atoms with Crippen molar-refractivity contribution in [2.24, 2.45) is 0 Å². The highest BCUT2D eigenvalue weighted by atomic mass is 79.9. The lowest BCUT2D eigenvalue weighted by molar-refractivity contribution is 0.622. The molecule has 0 aliphatic heterocycles. The monoisotopic (exact) mass is 313 g/mol. The van der Waals surface area contributed by atoms with Gasteiger partial charge in [-0.05, 0) is 59.0 Å². The van der Waals surface area contributed by atoms with Crippen molar-refractivity contribution in [1.82, 2.24) is 5.32 Å². The molecule has 4 heteroatoms. The van der Waals surface area contributed by atoms with Crippen LogP contribution in [0.3, 0.4) is 0 Å². The first-order valence-electron chi connectivity index (χ1n) is 5.33. The molecule has 1 atom stereocenters. The highest BCUT2D eigenvalue weighted by Gasteiger charge is 2.12. The van der Waals surface area contributed by atoms with E-state index in [2.05, 4.69) is 28.2 Å². The van der Waals surface area contributed by atoms with Crippen molar-refractivity contribution in [1.29, 1.82) is 0 Å². The summed E-state index contributed by atoms with van der Waals surface area (Å²) in [4.78, 5) is 0.938. The van der Waals surface area contributed by atoms with Gasteiger partial charge in [-0.3, -0.25) is 0 Å². The van der Waals surface area contributed by atoms with Crippen molar-refractivity contribution in [3.8, 4) is 10.4 Å². The van der Waals surface area contributed by atoms with E-state index < -0.39 is 0 Å². The van der Waals surface area contributed by atoms with Crippen LogP contribution in [0.15, 0.2) is 34.1 Å². The predicted octanol–water partition coefficient (Wildman–Crippen LogP) is 4.60. The second-order valence-corrected chi connectivity index (χ2v) is 5.62. The summed E-state index contributed by atoms with van der Waals surface area (Å²) in [6, 6.07) is 7.42. The van der Waals surface area contributed by atoms with Gasteiger partial charge in [0.05, 0.1) is 4.88 Å². The summed E-state index contributed by atoms with van der Waals surface area (Å²) >= 11 is 4.98. The lowest BCUT2D eigenvalue weighted by Crippen LogP contribution is -2.12. The topological polar surface area (TPSA) is 12.0 Å². The van der Waals surface area contributed by atoms with Gasteiger partial charge < -0.3 is 5.32 Å². The van der Waals surface area contributed by atoms with Gasteiger partial charge in [-0.2, -0.15) is 0 Å². The third-order valence-electron chi connectivity index (χ3n) is 2.79. The van der Waals surface area contributed by atoms with Gasteiger partial charge in [0.1, 0.15) is 5.82 Å². The van der Waals surface area contributed by atoms with E-state index >= 15 is 0 Å². The molecule has 1 N–H and O–H groups in total.